The van der Waals surface area contributed by atoms with Crippen LogP contribution in [0.5, 0.6) is 0 Å². The van der Waals surface area contributed by atoms with E-state index in [9.17, 15) is 18.0 Å². The minimum absolute atomic E-state index is 0.0322. The van der Waals surface area contributed by atoms with Crippen LogP contribution in [0.15, 0.2) is 21.1 Å². The monoisotopic (exact) mass is 470 g/mol. The van der Waals surface area contributed by atoms with E-state index in [1.165, 1.54) is 22.2 Å². The van der Waals surface area contributed by atoms with Crippen LogP contribution in [0.2, 0.25) is 0 Å². The van der Waals surface area contributed by atoms with Crippen molar-refractivity contribution in [2.75, 3.05) is 33.9 Å². The predicted octanol–water partition coefficient (Wildman–Crippen LogP) is 1.44. The molecule has 12 heteroatoms. The van der Waals surface area contributed by atoms with Gasteiger partial charge in [-0.3, -0.25) is 4.57 Å². The fraction of sp³-hybridized carbons (Fsp3) is 0.632. The lowest BCUT2D eigenvalue weighted by molar-refractivity contribution is 0.0602. The van der Waals surface area contributed by atoms with E-state index >= 15 is 0 Å². The van der Waals surface area contributed by atoms with Crippen LogP contribution in [-0.2, 0) is 26.0 Å². The minimum Gasteiger partial charge on any atom is -0.465 e. The second kappa shape index (κ2) is 8.85. The highest BCUT2D eigenvalue weighted by Gasteiger charge is 2.38. The van der Waals surface area contributed by atoms with Crippen LogP contribution in [0.3, 0.4) is 0 Å². The first-order chi connectivity index (χ1) is 14.9. The van der Waals surface area contributed by atoms with Crippen molar-refractivity contribution in [2.24, 2.45) is 0 Å². The Bertz CT molecular complexity index is 1110. The fourth-order valence-corrected chi connectivity index (χ4v) is 6.80. The molecule has 0 spiro atoms. The Balaban J connectivity index is 1.63. The van der Waals surface area contributed by atoms with E-state index < -0.39 is 16.0 Å². The van der Waals surface area contributed by atoms with Gasteiger partial charge in [0.05, 0.1) is 20.3 Å². The maximum atomic E-state index is 13.3. The van der Waals surface area contributed by atoms with Gasteiger partial charge in [0.15, 0.2) is 0 Å². The zero-order chi connectivity index (χ0) is 22.2. The van der Waals surface area contributed by atoms with Crippen LogP contribution in [0.1, 0.15) is 53.1 Å². The van der Waals surface area contributed by atoms with E-state index in [4.69, 9.17) is 9.47 Å². The van der Waals surface area contributed by atoms with Crippen LogP contribution in [0, 0.1) is 0 Å². The molecule has 2 aromatic rings. The van der Waals surface area contributed by atoms with Crippen LogP contribution < -0.4 is 5.69 Å². The van der Waals surface area contributed by atoms with Crippen molar-refractivity contribution in [1.29, 1.82) is 0 Å². The molecule has 1 saturated carbocycles. The molecule has 2 fully saturated rings. The van der Waals surface area contributed by atoms with Gasteiger partial charge in [-0.25, -0.2) is 22.7 Å². The maximum Gasteiger partial charge on any atom is 0.349 e. The van der Waals surface area contributed by atoms with Gasteiger partial charge in [-0.2, -0.15) is 9.40 Å². The smallest absolute Gasteiger partial charge is 0.349 e. The van der Waals surface area contributed by atoms with Crippen LogP contribution >= 0.6 is 11.3 Å². The molecule has 0 aromatic carbocycles. The van der Waals surface area contributed by atoms with Crippen molar-refractivity contribution >= 4 is 27.3 Å². The van der Waals surface area contributed by atoms with E-state index in [1.807, 2.05) is 0 Å². The van der Waals surface area contributed by atoms with Gasteiger partial charge < -0.3 is 9.47 Å². The number of ether oxygens (including phenoxy) is 2. The molecular weight excluding hydrogens is 444 g/mol. The highest BCUT2D eigenvalue weighted by atomic mass is 32.2. The van der Waals surface area contributed by atoms with Gasteiger partial charge in [0, 0.05) is 32.2 Å². The number of hydrogen-bond donors (Lipinski definition) is 0. The number of methoxy groups -OCH3 is 2. The second-order valence-electron chi connectivity index (χ2n) is 7.77. The molecule has 0 bridgehead atoms. The number of aromatic nitrogens is 3. The molecule has 0 amide bonds. The predicted molar refractivity (Wildman–Crippen MR) is 113 cm³/mol. The highest BCUT2D eigenvalue weighted by molar-refractivity contribution is 7.89. The molecule has 1 aliphatic carbocycles. The van der Waals surface area contributed by atoms with Crippen LogP contribution in [0.25, 0.3) is 0 Å². The Morgan fingerprint density at radius 1 is 1.29 bits per heavy atom. The van der Waals surface area contributed by atoms with Crippen molar-refractivity contribution in [3.63, 3.8) is 0 Å². The topological polar surface area (TPSA) is 113 Å². The minimum atomic E-state index is -3.88. The molecule has 0 radical (unpaired) electrons. The van der Waals surface area contributed by atoms with Crippen molar-refractivity contribution in [2.45, 2.75) is 49.1 Å². The van der Waals surface area contributed by atoms with Gasteiger partial charge in [-0.05, 0) is 37.1 Å². The lowest BCUT2D eigenvalue weighted by Gasteiger charge is -2.31. The maximum absolute atomic E-state index is 13.3. The molecule has 170 valence electrons. The summed E-state index contributed by atoms with van der Waals surface area (Å²) in [5, 5.41) is 6.14. The Morgan fingerprint density at radius 2 is 2.06 bits per heavy atom. The summed E-state index contributed by atoms with van der Waals surface area (Å²) in [4.78, 5) is 24.9. The summed E-state index contributed by atoms with van der Waals surface area (Å²) in [6.07, 6.45) is 3.24. The third kappa shape index (κ3) is 4.21. The number of rotatable bonds is 8. The van der Waals surface area contributed by atoms with Crippen molar-refractivity contribution in [3.05, 3.63) is 32.6 Å². The van der Waals surface area contributed by atoms with Gasteiger partial charge >= 0.3 is 11.7 Å². The number of sulfonamides is 1. The molecule has 2 aliphatic rings. The van der Waals surface area contributed by atoms with E-state index in [0.717, 1.165) is 30.6 Å². The van der Waals surface area contributed by atoms with Gasteiger partial charge in [-0.1, -0.05) is 0 Å². The summed E-state index contributed by atoms with van der Waals surface area (Å²) in [7, 11) is -1.08. The van der Waals surface area contributed by atoms with Gasteiger partial charge in [0.25, 0.3) is 0 Å². The quantitative estimate of drug-likeness (QED) is 0.537. The van der Waals surface area contributed by atoms with E-state index in [-0.39, 0.29) is 34.0 Å². The number of carbonyl (C=O) groups excluding carboxylic acids is 1. The summed E-state index contributed by atoms with van der Waals surface area (Å²) < 4.78 is 41.0. The number of nitrogens with zero attached hydrogens (tertiary/aromatic N) is 4. The number of hydrogen-bond acceptors (Lipinski definition) is 8. The molecule has 3 heterocycles. The van der Waals surface area contributed by atoms with E-state index in [1.54, 1.807) is 17.1 Å². The number of carbonyl (C=O) groups is 1. The molecule has 1 atom stereocenters. The van der Waals surface area contributed by atoms with Crippen molar-refractivity contribution < 1.29 is 22.7 Å². The first-order valence-corrected chi connectivity index (χ1v) is 12.5. The molecule has 4 rings (SSSR count). The Kier molecular flexibility index (Phi) is 6.33. The second-order valence-corrected chi connectivity index (χ2v) is 10.6. The molecule has 31 heavy (non-hydrogen) atoms. The molecular formula is C19H26N4O6S2. The average molecular weight is 471 g/mol. The first kappa shape index (κ1) is 22.2. The van der Waals surface area contributed by atoms with Crippen LogP contribution in [0.4, 0.5) is 0 Å². The molecule has 1 saturated heterocycles. The third-order valence-corrected chi connectivity index (χ3v) is 8.61. The summed E-state index contributed by atoms with van der Waals surface area (Å²) in [5.74, 6) is -0.218. The standard InChI is InChI=1S/C19H26N4O6S2/c1-28-10-9-22-19(25)23(14-5-6-14)17(20-22)13-4-3-8-21(12-13)31(26,27)15-7-11-30-16(15)18(24)29-2/h7,11,13-14H,3-6,8-10,12H2,1-2H3. The summed E-state index contributed by atoms with van der Waals surface area (Å²) in [5.41, 5.74) is -0.166. The highest BCUT2D eigenvalue weighted by Crippen LogP contribution is 2.38. The molecule has 1 unspecified atom stereocenters. The van der Waals surface area contributed by atoms with E-state index in [2.05, 4.69) is 5.10 Å². The zero-order valence-electron chi connectivity index (χ0n) is 17.5. The summed E-state index contributed by atoms with van der Waals surface area (Å²) >= 11 is 1.04. The average Bonchev–Trinajstić information content (AvgIpc) is 3.37. The molecule has 1 aliphatic heterocycles. The van der Waals surface area contributed by atoms with Gasteiger partial charge in [0.1, 0.15) is 15.6 Å². The Morgan fingerprint density at radius 3 is 2.74 bits per heavy atom. The lowest BCUT2D eigenvalue weighted by Crippen LogP contribution is -2.40. The van der Waals surface area contributed by atoms with Crippen molar-refractivity contribution in [1.82, 2.24) is 18.7 Å². The fourth-order valence-electron chi connectivity index (χ4n) is 3.97. The number of esters is 1. The van der Waals surface area contributed by atoms with E-state index in [0.29, 0.717) is 31.9 Å². The zero-order valence-corrected chi connectivity index (χ0v) is 19.2. The Labute approximate surface area is 184 Å². The SMILES string of the molecule is COCCn1nc(C2CCCN(S(=O)(=O)c3ccsc3C(=O)OC)C2)n(C2CC2)c1=O. The van der Waals surface area contributed by atoms with Gasteiger partial charge in [0.2, 0.25) is 10.0 Å². The summed E-state index contributed by atoms with van der Waals surface area (Å²) in [6.45, 7) is 1.30. The summed E-state index contributed by atoms with van der Waals surface area (Å²) in [6, 6.07) is 1.57. The normalized spacial score (nSPS) is 20.1. The number of thiophene rings is 1. The largest absolute Gasteiger partial charge is 0.465 e. The molecule has 10 nitrogen and oxygen atoms in total. The Hall–Kier alpha value is -2.02. The van der Waals surface area contributed by atoms with Crippen LogP contribution in [-0.4, -0.2) is 67.0 Å². The lowest BCUT2D eigenvalue weighted by atomic mass is 9.99. The molecule has 2 aromatic heterocycles. The molecule has 0 N–H and O–H groups in total. The van der Waals surface area contributed by atoms with Crippen molar-refractivity contribution in [3.8, 4) is 0 Å². The third-order valence-electron chi connectivity index (χ3n) is 5.68. The first-order valence-electron chi connectivity index (χ1n) is 10.2. The number of piperidine rings is 1. The van der Waals surface area contributed by atoms with Gasteiger partial charge in [-0.15, -0.1) is 11.3 Å².